The summed E-state index contributed by atoms with van der Waals surface area (Å²) in [4.78, 5) is 28.4. The number of rotatable bonds is 11. The normalized spacial score (nSPS) is 11.5. The van der Waals surface area contributed by atoms with Gasteiger partial charge in [-0.1, -0.05) is 78.7 Å². The molecule has 35 heavy (non-hydrogen) atoms. The van der Waals surface area contributed by atoms with Crippen molar-refractivity contribution in [3.63, 3.8) is 0 Å². The number of carbonyl (C=O) groups is 2. The lowest BCUT2D eigenvalue weighted by Crippen LogP contribution is -2.51. The van der Waals surface area contributed by atoms with Gasteiger partial charge in [-0.15, -0.1) is 0 Å². The first kappa shape index (κ1) is 26.6. The third kappa shape index (κ3) is 8.01. The summed E-state index contributed by atoms with van der Waals surface area (Å²) in [6.45, 7) is 4.40. The van der Waals surface area contributed by atoms with Crippen molar-refractivity contribution in [2.24, 2.45) is 0 Å². The summed E-state index contributed by atoms with van der Waals surface area (Å²) >= 11 is 12.5. The minimum atomic E-state index is -0.746. The second-order valence-electron chi connectivity index (χ2n) is 8.36. The van der Waals surface area contributed by atoms with Crippen molar-refractivity contribution in [1.29, 1.82) is 0 Å². The summed E-state index contributed by atoms with van der Waals surface area (Å²) in [7, 11) is 0. The van der Waals surface area contributed by atoms with Crippen LogP contribution in [-0.2, 0) is 22.6 Å². The molecule has 0 aliphatic rings. The van der Waals surface area contributed by atoms with Crippen LogP contribution >= 0.6 is 23.2 Å². The molecule has 0 bridgehead atoms. The van der Waals surface area contributed by atoms with Gasteiger partial charge < -0.3 is 15.0 Å². The molecule has 3 aromatic rings. The van der Waals surface area contributed by atoms with Crippen LogP contribution in [0.15, 0.2) is 72.8 Å². The number of halogens is 2. The summed E-state index contributed by atoms with van der Waals surface area (Å²) in [6.07, 6.45) is 1.15. The van der Waals surface area contributed by atoms with Crippen molar-refractivity contribution in [3.8, 4) is 5.75 Å². The van der Waals surface area contributed by atoms with Crippen molar-refractivity contribution in [3.05, 3.63) is 99.5 Å². The van der Waals surface area contributed by atoms with Gasteiger partial charge in [0.25, 0.3) is 5.91 Å². The summed E-state index contributed by atoms with van der Waals surface area (Å²) in [5.41, 5.74) is 2.67. The van der Waals surface area contributed by atoms with E-state index in [0.29, 0.717) is 34.3 Å². The first-order chi connectivity index (χ1) is 16.9. The lowest BCUT2D eigenvalue weighted by Gasteiger charge is -2.31. The molecular formula is C28H30Cl2N2O3. The van der Waals surface area contributed by atoms with Crippen LogP contribution in [0.25, 0.3) is 0 Å². The number of carbonyl (C=O) groups excluding carboxylic acids is 2. The first-order valence-electron chi connectivity index (χ1n) is 11.6. The van der Waals surface area contributed by atoms with Crippen molar-refractivity contribution in [1.82, 2.24) is 10.2 Å². The van der Waals surface area contributed by atoms with Gasteiger partial charge in [-0.2, -0.15) is 0 Å². The van der Waals surface area contributed by atoms with Gasteiger partial charge in [0.1, 0.15) is 11.8 Å². The summed E-state index contributed by atoms with van der Waals surface area (Å²) < 4.78 is 5.80. The molecule has 0 heterocycles. The van der Waals surface area contributed by atoms with Crippen LogP contribution in [0.5, 0.6) is 5.75 Å². The predicted molar refractivity (Wildman–Crippen MR) is 141 cm³/mol. The second-order valence-corrected chi connectivity index (χ2v) is 9.20. The Kier molecular flexibility index (Phi) is 10.0. The average molecular weight is 513 g/mol. The number of aryl methyl sites for hydroxylation is 1. The minimum absolute atomic E-state index is 0.142. The average Bonchev–Trinajstić information content (AvgIpc) is 2.85. The van der Waals surface area contributed by atoms with Crippen LogP contribution < -0.4 is 10.1 Å². The number of nitrogens with zero attached hydrogens (tertiary/aromatic N) is 1. The zero-order chi connectivity index (χ0) is 25.2. The Labute approximate surface area is 217 Å². The molecule has 0 unspecified atom stereocenters. The minimum Gasteiger partial charge on any atom is -0.484 e. The fourth-order valence-electron chi connectivity index (χ4n) is 3.69. The van der Waals surface area contributed by atoms with E-state index in [1.807, 2.05) is 62.4 Å². The largest absolute Gasteiger partial charge is 0.484 e. The second kappa shape index (κ2) is 13.2. The van der Waals surface area contributed by atoms with E-state index in [2.05, 4.69) is 5.32 Å². The first-order valence-corrected chi connectivity index (χ1v) is 12.4. The van der Waals surface area contributed by atoms with E-state index in [4.69, 9.17) is 27.9 Å². The molecule has 0 fully saturated rings. The fraction of sp³-hybridized carbons (Fsp3) is 0.286. The molecule has 1 N–H and O–H groups in total. The van der Waals surface area contributed by atoms with E-state index < -0.39 is 6.04 Å². The molecule has 3 rings (SSSR count). The van der Waals surface area contributed by atoms with Gasteiger partial charge in [0.05, 0.1) is 0 Å². The molecule has 7 heteroatoms. The van der Waals surface area contributed by atoms with Crippen LogP contribution in [0.2, 0.25) is 10.0 Å². The molecule has 2 amide bonds. The highest BCUT2D eigenvalue weighted by molar-refractivity contribution is 6.35. The predicted octanol–water partition coefficient (Wildman–Crippen LogP) is 5.85. The maximum Gasteiger partial charge on any atom is 0.261 e. The van der Waals surface area contributed by atoms with Crippen molar-refractivity contribution in [2.75, 3.05) is 13.2 Å². The Morgan fingerprint density at radius 2 is 1.77 bits per heavy atom. The van der Waals surface area contributed by atoms with Gasteiger partial charge in [0.15, 0.2) is 6.61 Å². The zero-order valence-electron chi connectivity index (χ0n) is 20.0. The van der Waals surface area contributed by atoms with Crippen LogP contribution in [-0.4, -0.2) is 35.9 Å². The van der Waals surface area contributed by atoms with Crippen molar-refractivity contribution in [2.45, 2.75) is 39.3 Å². The summed E-state index contributed by atoms with van der Waals surface area (Å²) in [5.74, 6) is 0.0627. The molecule has 0 saturated heterocycles. The summed E-state index contributed by atoms with van der Waals surface area (Å²) in [6, 6.07) is 21.5. The molecule has 184 valence electrons. The van der Waals surface area contributed by atoms with E-state index in [1.165, 1.54) is 0 Å². The van der Waals surface area contributed by atoms with E-state index in [-0.39, 0.29) is 25.0 Å². The molecule has 0 spiro atoms. The van der Waals surface area contributed by atoms with Crippen LogP contribution in [0.1, 0.15) is 30.0 Å². The lowest BCUT2D eigenvalue weighted by molar-refractivity contribution is -0.142. The number of hydrogen-bond acceptors (Lipinski definition) is 3. The highest BCUT2D eigenvalue weighted by Gasteiger charge is 2.31. The molecule has 0 aliphatic heterocycles. The van der Waals surface area contributed by atoms with E-state index in [1.54, 1.807) is 29.2 Å². The number of ether oxygens (including phenoxy) is 1. The molecule has 0 aromatic heterocycles. The molecule has 0 saturated carbocycles. The van der Waals surface area contributed by atoms with E-state index in [0.717, 1.165) is 17.5 Å². The monoisotopic (exact) mass is 512 g/mol. The van der Waals surface area contributed by atoms with Gasteiger partial charge >= 0.3 is 0 Å². The Balaban J connectivity index is 1.92. The quantitative estimate of drug-likeness (QED) is 0.350. The molecule has 1 atom stereocenters. The topological polar surface area (TPSA) is 58.6 Å². The SMILES string of the molecule is CCCNC(=O)[C@@H](Cc1ccccc1)N(Cc1ccc(Cl)cc1Cl)C(=O)COc1cccc(C)c1. The molecule has 0 radical (unpaired) electrons. The van der Waals surface area contributed by atoms with Gasteiger partial charge in [-0.25, -0.2) is 0 Å². The smallest absolute Gasteiger partial charge is 0.261 e. The Morgan fingerprint density at radius 1 is 1.00 bits per heavy atom. The third-order valence-corrected chi connectivity index (χ3v) is 6.11. The number of nitrogens with one attached hydrogen (secondary N) is 1. The Hall–Kier alpha value is -3.02. The highest BCUT2D eigenvalue weighted by atomic mass is 35.5. The zero-order valence-corrected chi connectivity index (χ0v) is 21.5. The van der Waals surface area contributed by atoms with Gasteiger partial charge in [-0.05, 0) is 54.3 Å². The Bertz CT molecular complexity index is 1140. The van der Waals surface area contributed by atoms with Gasteiger partial charge in [0, 0.05) is 29.6 Å². The van der Waals surface area contributed by atoms with Crippen LogP contribution in [0, 0.1) is 6.92 Å². The molecule has 0 aliphatic carbocycles. The summed E-state index contributed by atoms with van der Waals surface area (Å²) in [5, 5.41) is 3.88. The van der Waals surface area contributed by atoms with Crippen LogP contribution in [0.3, 0.4) is 0 Å². The molecule has 5 nitrogen and oxygen atoms in total. The van der Waals surface area contributed by atoms with Crippen LogP contribution in [0.4, 0.5) is 0 Å². The van der Waals surface area contributed by atoms with Crippen molar-refractivity contribution >= 4 is 35.0 Å². The van der Waals surface area contributed by atoms with Gasteiger partial charge in [0.2, 0.25) is 5.91 Å². The third-order valence-electron chi connectivity index (χ3n) is 5.53. The van der Waals surface area contributed by atoms with E-state index in [9.17, 15) is 9.59 Å². The molecule has 3 aromatic carbocycles. The Morgan fingerprint density at radius 3 is 2.46 bits per heavy atom. The fourth-order valence-corrected chi connectivity index (χ4v) is 4.15. The number of benzene rings is 3. The number of amides is 2. The maximum absolute atomic E-state index is 13.5. The number of hydrogen-bond donors (Lipinski definition) is 1. The lowest BCUT2D eigenvalue weighted by atomic mass is 10.0. The maximum atomic E-state index is 13.5. The van der Waals surface area contributed by atoms with E-state index >= 15 is 0 Å². The van der Waals surface area contributed by atoms with Gasteiger partial charge in [-0.3, -0.25) is 9.59 Å². The van der Waals surface area contributed by atoms with Crippen molar-refractivity contribution < 1.29 is 14.3 Å². The molecular weight excluding hydrogens is 483 g/mol. The highest BCUT2D eigenvalue weighted by Crippen LogP contribution is 2.24. The standard InChI is InChI=1S/C28H30Cl2N2O3/c1-3-14-31-28(34)26(16-21-9-5-4-6-10-21)32(18-22-12-13-23(29)17-25(22)30)27(33)19-35-24-11-7-8-20(2)15-24/h4-13,15,17,26H,3,14,16,18-19H2,1-2H3,(H,31,34)/t26-/m1/s1.